The lowest BCUT2D eigenvalue weighted by Crippen LogP contribution is -2.27. The maximum atomic E-state index is 11.5. The number of hydrogen-bond donors (Lipinski definition) is 0. The Kier molecular flexibility index (Phi) is 38.4. The van der Waals surface area contributed by atoms with Gasteiger partial charge in [-0.05, 0) is 20.8 Å². The van der Waals surface area contributed by atoms with Crippen LogP contribution in [0.4, 0.5) is 0 Å². The van der Waals surface area contributed by atoms with Crippen molar-refractivity contribution < 1.29 is 80.6 Å². The summed E-state index contributed by atoms with van der Waals surface area (Å²) in [5.41, 5.74) is -0.516. The Morgan fingerprint density at radius 3 is 0.765 bits per heavy atom. The van der Waals surface area contributed by atoms with E-state index in [4.69, 9.17) is 66.3 Å². The quantitative estimate of drug-likeness (QED) is 0.0643. The topological polar surface area (TPSA) is 173 Å². The third-order valence-electron chi connectivity index (χ3n) is 5.78. The van der Waals surface area contributed by atoms with Gasteiger partial charge in [-0.2, -0.15) is 0 Å². The van der Waals surface area contributed by atoms with E-state index >= 15 is 0 Å². The van der Waals surface area contributed by atoms with Gasteiger partial charge in [-0.15, -0.1) is 0 Å². The van der Waals surface area contributed by atoms with Crippen molar-refractivity contribution in [2.75, 3.05) is 179 Å². The van der Waals surface area contributed by atoms with Crippen molar-refractivity contribution in [3.8, 4) is 0 Å². The van der Waals surface area contributed by atoms with Crippen LogP contribution in [-0.4, -0.2) is 196 Å². The summed E-state index contributed by atoms with van der Waals surface area (Å²) in [5.74, 6) is -0.681. The molecule has 0 aromatic carbocycles. The molecule has 0 bridgehead atoms. The fourth-order valence-electron chi connectivity index (χ4n) is 3.42. The standard InChI is InChI=1S/C34H66O17/c1-34(2,3)51-33(36)31-50-30-29-49-28-27-48-26-25-47-24-23-46-22-21-45-20-19-44-18-17-43-16-15-42-14-13-41-12-11-40-10-9-39-8-7-38-6-5-32(35)37-4/h5-31H2,1-4H3. The summed E-state index contributed by atoms with van der Waals surface area (Å²) < 4.78 is 80.0. The van der Waals surface area contributed by atoms with Crippen LogP contribution in [0.3, 0.4) is 0 Å². The first-order valence-electron chi connectivity index (χ1n) is 17.6. The number of carbonyl (C=O) groups is 2. The number of methoxy groups -OCH3 is 1. The predicted octanol–water partition coefficient (Wildman–Crippen LogP) is 1.11. The molecular weight excluding hydrogens is 680 g/mol. The second-order valence-corrected chi connectivity index (χ2v) is 11.3. The van der Waals surface area contributed by atoms with Gasteiger partial charge in [-0.25, -0.2) is 4.79 Å². The molecule has 0 spiro atoms. The summed E-state index contributed by atoms with van der Waals surface area (Å²) in [4.78, 5) is 22.4. The average molecular weight is 747 g/mol. The van der Waals surface area contributed by atoms with Gasteiger partial charge in [-0.3, -0.25) is 4.79 Å². The largest absolute Gasteiger partial charge is 0.469 e. The lowest BCUT2D eigenvalue weighted by molar-refractivity contribution is -0.160. The summed E-state index contributed by atoms with van der Waals surface area (Å²) in [6, 6.07) is 0. The predicted molar refractivity (Wildman–Crippen MR) is 183 cm³/mol. The van der Waals surface area contributed by atoms with Gasteiger partial charge >= 0.3 is 11.9 Å². The molecule has 0 radical (unpaired) electrons. The monoisotopic (exact) mass is 746 g/mol. The molecule has 0 aliphatic heterocycles. The van der Waals surface area contributed by atoms with E-state index in [1.807, 2.05) is 20.8 Å². The summed E-state index contributed by atoms with van der Waals surface area (Å²) in [7, 11) is 1.35. The molecule has 0 N–H and O–H groups in total. The molecule has 0 aromatic heterocycles. The average Bonchev–Trinajstić information content (AvgIpc) is 3.09. The van der Waals surface area contributed by atoms with Crippen molar-refractivity contribution in [2.24, 2.45) is 0 Å². The fourth-order valence-corrected chi connectivity index (χ4v) is 3.42. The molecule has 0 saturated heterocycles. The molecule has 0 atom stereocenters. The normalized spacial score (nSPS) is 11.7. The van der Waals surface area contributed by atoms with Crippen LogP contribution in [0, 0.1) is 0 Å². The van der Waals surface area contributed by atoms with E-state index in [1.54, 1.807) is 0 Å². The molecule has 304 valence electrons. The third kappa shape index (κ3) is 44.5. The molecule has 0 saturated carbocycles. The molecule has 0 amide bonds. The summed E-state index contributed by atoms with van der Waals surface area (Å²) in [6.07, 6.45) is 0.240. The number of ether oxygens (including phenoxy) is 15. The SMILES string of the molecule is COC(=O)CCOCCOCCOCCOCCOCCOCCOCCOCCOCCOCCOCCOCCOCC(=O)OC(C)(C)C. The molecule has 0 aliphatic carbocycles. The molecule has 0 aromatic rings. The highest BCUT2D eigenvalue weighted by atomic mass is 16.6. The van der Waals surface area contributed by atoms with E-state index in [0.717, 1.165) is 0 Å². The molecule has 17 nitrogen and oxygen atoms in total. The van der Waals surface area contributed by atoms with Crippen LogP contribution in [0.5, 0.6) is 0 Å². The van der Waals surface area contributed by atoms with Crippen LogP contribution in [0.2, 0.25) is 0 Å². The minimum atomic E-state index is -0.516. The van der Waals surface area contributed by atoms with Gasteiger partial charge in [0.2, 0.25) is 0 Å². The van der Waals surface area contributed by atoms with Crippen LogP contribution in [-0.2, 0) is 80.6 Å². The molecular formula is C34H66O17. The van der Waals surface area contributed by atoms with Gasteiger partial charge in [0.15, 0.2) is 0 Å². The summed E-state index contributed by atoms with van der Waals surface area (Å²) in [6.45, 7) is 16.7. The zero-order valence-electron chi connectivity index (χ0n) is 31.5. The van der Waals surface area contributed by atoms with Crippen LogP contribution in [0.25, 0.3) is 0 Å². The summed E-state index contributed by atoms with van der Waals surface area (Å²) in [5, 5.41) is 0. The fraction of sp³-hybridized carbons (Fsp3) is 0.941. The van der Waals surface area contributed by atoms with Gasteiger partial charge in [0.1, 0.15) is 12.2 Å². The highest BCUT2D eigenvalue weighted by Gasteiger charge is 2.15. The Balaban J connectivity index is 3.10. The van der Waals surface area contributed by atoms with Crippen molar-refractivity contribution in [3.63, 3.8) is 0 Å². The van der Waals surface area contributed by atoms with Crippen molar-refractivity contribution in [1.29, 1.82) is 0 Å². The Bertz CT molecular complexity index is 738. The first-order valence-corrected chi connectivity index (χ1v) is 17.6. The van der Waals surface area contributed by atoms with Crippen LogP contribution < -0.4 is 0 Å². The zero-order chi connectivity index (χ0) is 37.4. The highest BCUT2D eigenvalue weighted by Crippen LogP contribution is 2.06. The molecule has 51 heavy (non-hydrogen) atoms. The maximum absolute atomic E-state index is 11.5. The lowest BCUT2D eigenvalue weighted by Gasteiger charge is -2.19. The van der Waals surface area contributed by atoms with Crippen LogP contribution in [0.1, 0.15) is 27.2 Å². The Hall–Kier alpha value is -1.58. The highest BCUT2D eigenvalue weighted by molar-refractivity contribution is 5.71. The van der Waals surface area contributed by atoms with Gasteiger partial charge in [-0.1, -0.05) is 0 Å². The number of carbonyl (C=O) groups excluding carboxylic acids is 2. The van der Waals surface area contributed by atoms with Crippen molar-refractivity contribution >= 4 is 11.9 Å². The van der Waals surface area contributed by atoms with E-state index in [0.29, 0.717) is 165 Å². The molecule has 0 aliphatic rings. The van der Waals surface area contributed by atoms with Crippen LogP contribution in [0.15, 0.2) is 0 Å². The number of rotatable bonds is 41. The molecule has 0 rings (SSSR count). The van der Waals surface area contributed by atoms with Gasteiger partial charge in [0.25, 0.3) is 0 Å². The lowest BCUT2D eigenvalue weighted by atomic mass is 10.2. The minimum Gasteiger partial charge on any atom is -0.469 e. The minimum absolute atomic E-state index is 0.0880. The second-order valence-electron chi connectivity index (χ2n) is 11.3. The van der Waals surface area contributed by atoms with Gasteiger partial charge < -0.3 is 71.1 Å². The molecule has 0 fully saturated rings. The number of esters is 2. The molecule has 17 heteroatoms. The molecule has 0 heterocycles. The van der Waals surface area contributed by atoms with Crippen molar-refractivity contribution in [1.82, 2.24) is 0 Å². The van der Waals surface area contributed by atoms with Crippen molar-refractivity contribution in [2.45, 2.75) is 32.8 Å². The first-order chi connectivity index (χ1) is 24.8. The Morgan fingerprint density at radius 1 is 0.333 bits per heavy atom. The smallest absolute Gasteiger partial charge is 0.332 e. The van der Waals surface area contributed by atoms with Crippen LogP contribution >= 0.6 is 0 Å². The van der Waals surface area contributed by atoms with E-state index < -0.39 is 11.6 Å². The maximum Gasteiger partial charge on any atom is 0.332 e. The van der Waals surface area contributed by atoms with E-state index in [1.165, 1.54) is 7.11 Å². The number of hydrogen-bond acceptors (Lipinski definition) is 17. The summed E-state index contributed by atoms with van der Waals surface area (Å²) >= 11 is 0. The van der Waals surface area contributed by atoms with Gasteiger partial charge in [0.05, 0.1) is 179 Å². The van der Waals surface area contributed by atoms with E-state index in [-0.39, 0.29) is 19.0 Å². The van der Waals surface area contributed by atoms with E-state index in [9.17, 15) is 9.59 Å². The third-order valence-corrected chi connectivity index (χ3v) is 5.78. The second kappa shape index (κ2) is 39.6. The Morgan fingerprint density at radius 2 is 0.549 bits per heavy atom. The van der Waals surface area contributed by atoms with Gasteiger partial charge in [0, 0.05) is 0 Å². The first kappa shape index (κ1) is 49.4. The zero-order valence-corrected chi connectivity index (χ0v) is 31.5. The molecule has 0 unspecified atom stereocenters. The van der Waals surface area contributed by atoms with Crippen molar-refractivity contribution in [3.05, 3.63) is 0 Å². The Labute approximate surface area is 304 Å². The van der Waals surface area contributed by atoms with E-state index in [2.05, 4.69) is 4.74 Å².